The van der Waals surface area contributed by atoms with E-state index < -0.39 is 23.8 Å². The molecule has 182 valence electrons. The molecule has 11 heteroatoms. The fourth-order valence-electron chi connectivity index (χ4n) is 4.12. The number of anilines is 2. The molecule has 0 saturated heterocycles. The first-order valence-electron chi connectivity index (χ1n) is 10.9. The number of pyridine rings is 1. The van der Waals surface area contributed by atoms with Crippen LogP contribution in [0.15, 0.2) is 77.9 Å². The van der Waals surface area contributed by atoms with Gasteiger partial charge in [0, 0.05) is 41.7 Å². The minimum atomic E-state index is -1.03. The summed E-state index contributed by atoms with van der Waals surface area (Å²) in [6, 6.07) is 13.7. The van der Waals surface area contributed by atoms with Gasteiger partial charge in [-0.25, -0.2) is 9.18 Å². The molecule has 36 heavy (non-hydrogen) atoms. The quantitative estimate of drug-likeness (QED) is 0.435. The van der Waals surface area contributed by atoms with E-state index in [1.165, 1.54) is 40.1 Å². The van der Waals surface area contributed by atoms with Crippen molar-refractivity contribution in [2.24, 2.45) is 7.05 Å². The molecule has 1 aliphatic heterocycles. The highest BCUT2D eigenvalue weighted by atomic mass is 35.5. The van der Waals surface area contributed by atoms with Gasteiger partial charge in [0.25, 0.3) is 11.5 Å². The molecule has 0 spiro atoms. The summed E-state index contributed by atoms with van der Waals surface area (Å²) in [5.74, 6) is -1.32. The molecule has 5 rings (SSSR count). The summed E-state index contributed by atoms with van der Waals surface area (Å²) in [5, 5.41) is 10.0. The molecule has 0 radical (unpaired) electrons. The van der Waals surface area contributed by atoms with E-state index in [0.717, 1.165) is 6.07 Å². The Morgan fingerprint density at radius 3 is 2.58 bits per heavy atom. The van der Waals surface area contributed by atoms with Gasteiger partial charge >= 0.3 is 6.03 Å². The number of aryl methyl sites for hydroxylation is 1. The Bertz CT molecular complexity index is 1530. The lowest BCUT2D eigenvalue weighted by Gasteiger charge is -2.25. The highest BCUT2D eigenvalue weighted by Gasteiger charge is 2.41. The van der Waals surface area contributed by atoms with Crippen LogP contribution in [0.4, 0.5) is 20.6 Å². The molecule has 4 aromatic rings. The average Bonchev–Trinajstić information content (AvgIpc) is 3.42. The van der Waals surface area contributed by atoms with Gasteiger partial charge in [-0.2, -0.15) is 5.10 Å². The van der Waals surface area contributed by atoms with Gasteiger partial charge in [0.05, 0.1) is 29.8 Å². The predicted octanol–water partition coefficient (Wildman–Crippen LogP) is 4.09. The molecule has 0 saturated carbocycles. The number of rotatable bonds is 4. The van der Waals surface area contributed by atoms with E-state index in [-0.39, 0.29) is 17.8 Å². The van der Waals surface area contributed by atoms with Gasteiger partial charge in [0.2, 0.25) is 0 Å². The lowest BCUT2D eigenvalue weighted by molar-refractivity contribution is -0.120. The summed E-state index contributed by atoms with van der Waals surface area (Å²) in [4.78, 5) is 39.9. The standard InChI is InChI=1S/C25H20ClFN6O3/c1-31-21-14-33(25(36)29-16-7-5-15(26)6-8-16)23(18(21)13-28-31)24(35)30-20-10-9-17(12-19(20)27)32-11-3-2-4-22(32)34/h2-13,23H,14H2,1H3,(H,29,36)(H,30,35)/t23-/m0/s1. The summed E-state index contributed by atoms with van der Waals surface area (Å²) in [5.41, 5.74) is 1.68. The van der Waals surface area contributed by atoms with Gasteiger partial charge < -0.3 is 15.5 Å². The second-order valence-corrected chi connectivity index (χ2v) is 8.64. The summed E-state index contributed by atoms with van der Waals surface area (Å²) >= 11 is 5.91. The minimum Gasteiger partial charge on any atom is -0.321 e. The highest BCUT2D eigenvalue weighted by Crippen LogP contribution is 2.35. The molecule has 1 aliphatic rings. The van der Waals surface area contributed by atoms with Crippen LogP contribution < -0.4 is 16.2 Å². The van der Waals surface area contributed by atoms with Crippen LogP contribution in [0.3, 0.4) is 0 Å². The van der Waals surface area contributed by atoms with E-state index in [0.29, 0.717) is 27.7 Å². The molecular formula is C25H20ClFN6O3. The molecule has 0 bridgehead atoms. The van der Waals surface area contributed by atoms with Gasteiger partial charge in [-0.15, -0.1) is 0 Å². The Morgan fingerprint density at radius 2 is 1.86 bits per heavy atom. The third-order valence-electron chi connectivity index (χ3n) is 5.94. The maximum Gasteiger partial charge on any atom is 0.323 e. The van der Waals surface area contributed by atoms with Crippen molar-refractivity contribution < 1.29 is 14.0 Å². The number of nitrogens with one attached hydrogen (secondary N) is 2. The van der Waals surface area contributed by atoms with Crippen LogP contribution in [0.25, 0.3) is 5.69 Å². The Morgan fingerprint density at radius 1 is 1.08 bits per heavy atom. The van der Waals surface area contributed by atoms with E-state index >= 15 is 0 Å². The van der Waals surface area contributed by atoms with Crippen LogP contribution in [0.5, 0.6) is 0 Å². The number of carbonyl (C=O) groups excluding carboxylic acids is 2. The first-order chi connectivity index (χ1) is 17.3. The van der Waals surface area contributed by atoms with Crippen molar-refractivity contribution >= 4 is 34.9 Å². The van der Waals surface area contributed by atoms with Crippen molar-refractivity contribution in [3.8, 4) is 5.69 Å². The normalized spacial score (nSPS) is 14.4. The van der Waals surface area contributed by atoms with E-state index in [2.05, 4.69) is 15.7 Å². The summed E-state index contributed by atoms with van der Waals surface area (Å²) in [6.07, 6.45) is 3.05. The van der Waals surface area contributed by atoms with E-state index in [9.17, 15) is 18.8 Å². The Hall–Kier alpha value is -4.44. The zero-order chi connectivity index (χ0) is 25.4. The summed E-state index contributed by atoms with van der Waals surface area (Å²) in [6.45, 7) is 0.141. The van der Waals surface area contributed by atoms with Crippen LogP contribution >= 0.6 is 11.6 Å². The van der Waals surface area contributed by atoms with E-state index in [4.69, 9.17) is 11.6 Å². The first-order valence-corrected chi connectivity index (χ1v) is 11.3. The monoisotopic (exact) mass is 506 g/mol. The number of urea groups is 1. The lowest BCUT2D eigenvalue weighted by atomic mass is 10.1. The van der Waals surface area contributed by atoms with Crippen molar-refractivity contribution in [1.82, 2.24) is 19.2 Å². The molecular weight excluding hydrogens is 487 g/mol. The fourth-order valence-corrected chi connectivity index (χ4v) is 4.25. The zero-order valence-electron chi connectivity index (χ0n) is 19.0. The number of hydrogen-bond acceptors (Lipinski definition) is 4. The number of amides is 3. The second-order valence-electron chi connectivity index (χ2n) is 8.20. The number of hydrogen-bond donors (Lipinski definition) is 2. The van der Waals surface area contributed by atoms with Crippen LogP contribution in [0.1, 0.15) is 17.3 Å². The van der Waals surface area contributed by atoms with E-state index in [1.807, 2.05) is 0 Å². The number of benzene rings is 2. The molecule has 1 atom stereocenters. The van der Waals surface area contributed by atoms with Crippen LogP contribution in [-0.2, 0) is 18.4 Å². The Kier molecular flexibility index (Phi) is 6.03. The topological polar surface area (TPSA) is 101 Å². The maximum absolute atomic E-state index is 14.9. The molecule has 0 unspecified atom stereocenters. The molecule has 2 aromatic heterocycles. The van der Waals surface area contributed by atoms with Crippen molar-refractivity contribution in [3.63, 3.8) is 0 Å². The Labute approximate surface area is 209 Å². The number of aromatic nitrogens is 3. The number of carbonyl (C=O) groups is 2. The molecule has 2 aromatic carbocycles. The molecule has 2 N–H and O–H groups in total. The van der Waals surface area contributed by atoms with Crippen LogP contribution in [0.2, 0.25) is 5.02 Å². The molecule has 3 heterocycles. The summed E-state index contributed by atoms with van der Waals surface area (Å²) < 4.78 is 17.8. The van der Waals surface area contributed by atoms with Gasteiger partial charge in [-0.3, -0.25) is 18.8 Å². The van der Waals surface area contributed by atoms with Crippen LogP contribution in [0, 0.1) is 5.82 Å². The number of nitrogens with zero attached hydrogens (tertiary/aromatic N) is 4. The van der Waals surface area contributed by atoms with Gasteiger partial charge in [0.15, 0.2) is 0 Å². The zero-order valence-corrected chi connectivity index (χ0v) is 19.7. The molecule has 0 aliphatic carbocycles. The lowest BCUT2D eigenvalue weighted by Crippen LogP contribution is -2.39. The second kappa shape index (κ2) is 9.31. The van der Waals surface area contributed by atoms with Gasteiger partial charge in [-0.1, -0.05) is 17.7 Å². The smallest absolute Gasteiger partial charge is 0.321 e. The third kappa shape index (κ3) is 4.34. The van der Waals surface area contributed by atoms with Crippen molar-refractivity contribution in [2.45, 2.75) is 12.6 Å². The third-order valence-corrected chi connectivity index (χ3v) is 6.19. The van der Waals surface area contributed by atoms with Crippen molar-refractivity contribution in [3.05, 3.63) is 106 Å². The SMILES string of the molecule is Cn1ncc2c1CN(C(=O)Nc1ccc(Cl)cc1)[C@@H]2C(=O)Nc1ccc(-n2ccccc2=O)cc1F. The Balaban J connectivity index is 1.40. The molecule has 0 fully saturated rings. The first kappa shape index (κ1) is 23.3. The van der Waals surface area contributed by atoms with Crippen molar-refractivity contribution in [1.29, 1.82) is 0 Å². The molecule has 3 amide bonds. The summed E-state index contributed by atoms with van der Waals surface area (Å²) in [7, 11) is 1.72. The largest absolute Gasteiger partial charge is 0.323 e. The van der Waals surface area contributed by atoms with Gasteiger partial charge in [-0.05, 0) is 42.5 Å². The van der Waals surface area contributed by atoms with E-state index in [1.54, 1.807) is 48.1 Å². The average molecular weight is 507 g/mol. The van der Waals surface area contributed by atoms with Gasteiger partial charge in [0.1, 0.15) is 11.9 Å². The fraction of sp³-hybridized carbons (Fsp3) is 0.120. The van der Waals surface area contributed by atoms with Crippen molar-refractivity contribution in [2.75, 3.05) is 10.6 Å². The number of halogens is 2. The predicted molar refractivity (Wildman–Crippen MR) is 133 cm³/mol. The van der Waals surface area contributed by atoms with Crippen LogP contribution in [-0.4, -0.2) is 31.2 Å². The maximum atomic E-state index is 14.9. The highest BCUT2D eigenvalue weighted by molar-refractivity contribution is 6.30. The molecule has 9 nitrogen and oxygen atoms in total. The number of fused-ring (bicyclic) bond motifs is 1. The minimum absolute atomic E-state index is 0.0804.